The van der Waals surface area contributed by atoms with E-state index in [1.54, 1.807) is 12.1 Å². The lowest BCUT2D eigenvalue weighted by Gasteiger charge is -2.19. The molecule has 2 atom stereocenters. The van der Waals surface area contributed by atoms with Crippen LogP contribution in [0, 0.1) is 0 Å². The fraction of sp³-hybridized carbons (Fsp3) is 0.211. The summed E-state index contributed by atoms with van der Waals surface area (Å²) in [5.74, 6) is -1.70. The second kappa shape index (κ2) is 9.22. The van der Waals surface area contributed by atoms with Gasteiger partial charge >= 0.3 is 5.97 Å². The predicted molar refractivity (Wildman–Crippen MR) is 95.1 cm³/mol. The average molecular weight is 356 g/mol. The van der Waals surface area contributed by atoms with E-state index in [1.807, 2.05) is 30.3 Å². The Kier molecular flexibility index (Phi) is 6.73. The van der Waals surface area contributed by atoms with Crippen LogP contribution < -0.4 is 10.6 Å². The van der Waals surface area contributed by atoms with E-state index in [2.05, 4.69) is 10.6 Å². The molecule has 1 aromatic carbocycles. The first kappa shape index (κ1) is 19.0. The van der Waals surface area contributed by atoms with E-state index in [-0.39, 0.29) is 6.42 Å². The summed E-state index contributed by atoms with van der Waals surface area (Å²) < 4.78 is 5.10. The Bertz CT molecular complexity index is 768. The van der Waals surface area contributed by atoms with Gasteiger partial charge < -0.3 is 20.2 Å². The zero-order chi connectivity index (χ0) is 18.9. The van der Waals surface area contributed by atoms with Crippen molar-refractivity contribution in [2.45, 2.75) is 25.4 Å². The fourth-order valence-electron chi connectivity index (χ4n) is 2.20. The van der Waals surface area contributed by atoms with E-state index in [0.717, 1.165) is 5.56 Å². The normalized spacial score (nSPS) is 13.1. The summed E-state index contributed by atoms with van der Waals surface area (Å²) in [7, 11) is 0. The molecule has 0 aliphatic carbocycles. The molecule has 136 valence electrons. The summed E-state index contributed by atoms with van der Waals surface area (Å²) in [6.07, 6.45) is 4.45. The van der Waals surface area contributed by atoms with E-state index in [1.165, 1.54) is 25.3 Å². The SMILES string of the molecule is C[C@H](NC(=O)[C@@H](Cc1ccccc1)NC(=O)/C=C/c1ccco1)C(=O)O. The summed E-state index contributed by atoms with van der Waals surface area (Å²) in [5.41, 5.74) is 0.839. The molecule has 0 saturated carbocycles. The van der Waals surface area contributed by atoms with Crippen LogP contribution in [0.2, 0.25) is 0 Å². The fourth-order valence-corrected chi connectivity index (χ4v) is 2.20. The first-order valence-corrected chi connectivity index (χ1v) is 8.05. The van der Waals surface area contributed by atoms with E-state index in [4.69, 9.17) is 9.52 Å². The van der Waals surface area contributed by atoms with Gasteiger partial charge in [-0.1, -0.05) is 30.3 Å². The minimum Gasteiger partial charge on any atom is -0.480 e. The van der Waals surface area contributed by atoms with Gasteiger partial charge in [0, 0.05) is 12.5 Å². The lowest BCUT2D eigenvalue weighted by atomic mass is 10.0. The van der Waals surface area contributed by atoms with Crippen molar-refractivity contribution in [2.75, 3.05) is 0 Å². The van der Waals surface area contributed by atoms with Crippen LogP contribution in [-0.4, -0.2) is 35.0 Å². The zero-order valence-electron chi connectivity index (χ0n) is 14.2. The molecular weight excluding hydrogens is 336 g/mol. The van der Waals surface area contributed by atoms with Gasteiger partial charge in [0.2, 0.25) is 11.8 Å². The summed E-state index contributed by atoms with van der Waals surface area (Å²) in [6.45, 7) is 1.36. The lowest BCUT2D eigenvalue weighted by molar-refractivity contribution is -0.141. The highest BCUT2D eigenvalue weighted by molar-refractivity contribution is 5.96. The lowest BCUT2D eigenvalue weighted by Crippen LogP contribution is -2.51. The first-order chi connectivity index (χ1) is 12.5. The van der Waals surface area contributed by atoms with Gasteiger partial charge in [0.15, 0.2) is 0 Å². The molecule has 7 heteroatoms. The van der Waals surface area contributed by atoms with Crippen LogP contribution in [0.1, 0.15) is 18.2 Å². The highest BCUT2D eigenvalue weighted by Crippen LogP contribution is 2.05. The van der Waals surface area contributed by atoms with Crippen LogP contribution in [0.3, 0.4) is 0 Å². The molecule has 1 aromatic heterocycles. The van der Waals surface area contributed by atoms with Crippen molar-refractivity contribution in [3.63, 3.8) is 0 Å². The maximum absolute atomic E-state index is 12.4. The average Bonchev–Trinajstić information content (AvgIpc) is 3.13. The molecule has 0 aliphatic rings. The Morgan fingerprint density at radius 2 is 1.85 bits per heavy atom. The second-order valence-corrected chi connectivity index (χ2v) is 5.67. The molecule has 0 aliphatic heterocycles. The number of nitrogens with one attached hydrogen (secondary N) is 2. The summed E-state index contributed by atoms with van der Waals surface area (Å²) in [6, 6.07) is 10.5. The number of furan rings is 1. The molecule has 0 fully saturated rings. The Morgan fingerprint density at radius 3 is 2.46 bits per heavy atom. The van der Waals surface area contributed by atoms with Gasteiger partial charge in [0.05, 0.1) is 6.26 Å². The Morgan fingerprint density at radius 1 is 1.12 bits per heavy atom. The van der Waals surface area contributed by atoms with Crippen molar-refractivity contribution in [3.8, 4) is 0 Å². The van der Waals surface area contributed by atoms with E-state index in [0.29, 0.717) is 5.76 Å². The van der Waals surface area contributed by atoms with Crippen LogP contribution >= 0.6 is 0 Å². The second-order valence-electron chi connectivity index (χ2n) is 5.67. The van der Waals surface area contributed by atoms with Crippen molar-refractivity contribution in [2.24, 2.45) is 0 Å². The third-order valence-corrected chi connectivity index (χ3v) is 3.59. The molecule has 0 saturated heterocycles. The molecule has 26 heavy (non-hydrogen) atoms. The number of hydrogen-bond acceptors (Lipinski definition) is 4. The number of rotatable bonds is 8. The van der Waals surface area contributed by atoms with E-state index >= 15 is 0 Å². The van der Waals surface area contributed by atoms with Gasteiger partial charge in [-0.2, -0.15) is 0 Å². The van der Waals surface area contributed by atoms with Crippen LogP contribution in [0.25, 0.3) is 6.08 Å². The van der Waals surface area contributed by atoms with Crippen molar-refractivity contribution < 1.29 is 23.9 Å². The van der Waals surface area contributed by atoms with Crippen LogP contribution in [0.4, 0.5) is 0 Å². The molecule has 0 radical (unpaired) electrons. The zero-order valence-corrected chi connectivity index (χ0v) is 14.2. The molecule has 2 rings (SSSR count). The van der Waals surface area contributed by atoms with E-state index in [9.17, 15) is 14.4 Å². The van der Waals surface area contributed by atoms with Gasteiger partial charge in [0.1, 0.15) is 17.8 Å². The number of carboxylic acid groups (broad SMARTS) is 1. The topological polar surface area (TPSA) is 109 Å². The maximum atomic E-state index is 12.4. The standard InChI is InChI=1S/C19H20N2O5/c1-13(19(24)25)20-18(23)16(12-14-6-3-2-4-7-14)21-17(22)10-9-15-8-5-11-26-15/h2-11,13,16H,12H2,1H3,(H,20,23)(H,21,22)(H,24,25)/b10-9+/t13-,16+/m0/s1. The predicted octanol–water partition coefficient (Wildman–Crippen LogP) is 1.61. The molecule has 0 unspecified atom stereocenters. The third-order valence-electron chi connectivity index (χ3n) is 3.59. The molecule has 1 heterocycles. The van der Waals surface area contributed by atoms with Crippen LogP contribution in [-0.2, 0) is 20.8 Å². The minimum absolute atomic E-state index is 0.235. The van der Waals surface area contributed by atoms with Crippen molar-refractivity contribution >= 4 is 23.9 Å². The third kappa shape index (κ3) is 5.94. The Labute approximate surface area is 150 Å². The van der Waals surface area contributed by atoms with Gasteiger partial charge in [0.25, 0.3) is 0 Å². The molecule has 2 aromatic rings. The Balaban J connectivity index is 2.07. The number of amides is 2. The molecular formula is C19H20N2O5. The maximum Gasteiger partial charge on any atom is 0.325 e. The first-order valence-electron chi connectivity index (χ1n) is 8.05. The molecule has 3 N–H and O–H groups in total. The number of hydrogen-bond donors (Lipinski definition) is 3. The summed E-state index contributed by atoms with van der Waals surface area (Å²) in [4.78, 5) is 35.5. The van der Waals surface area contributed by atoms with Gasteiger partial charge in [-0.25, -0.2) is 0 Å². The summed E-state index contributed by atoms with van der Waals surface area (Å²) in [5, 5.41) is 13.9. The number of carbonyl (C=O) groups excluding carboxylic acids is 2. The number of aliphatic carboxylic acids is 1. The van der Waals surface area contributed by atoms with Crippen LogP contribution in [0.5, 0.6) is 0 Å². The van der Waals surface area contributed by atoms with Crippen molar-refractivity contribution in [1.82, 2.24) is 10.6 Å². The molecule has 7 nitrogen and oxygen atoms in total. The van der Waals surface area contributed by atoms with Gasteiger partial charge in [-0.05, 0) is 30.7 Å². The highest BCUT2D eigenvalue weighted by Gasteiger charge is 2.24. The minimum atomic E-state index is -1.15. The van der Waals surface area contributed by atoms with Gasteiger partial charge in [-0.15, -0.1) is 0 Å². The van der Waals surface area contributed by atoms with Crippen LogP contribution in [0.15, 0.2) is 59.2 Å². The quantitative estimate of drug-likeness (QED) is 0.623. The highest BCUT2D eigenvalue weighted by atomic mass is 16.4. The monoisotopic (exact) mass is 356 g/mol. The number of carbonyl (C=O) groups is 3. The Hall–Kier alpha value is -3.35. The van der Waals surface area contributed by atoms with Crippen molar-refractivity contribution in [3.05, 3.63) is 66.1 Å². The van der Waals surface area contributed by atoms with Gasteiger partial charge in [-0.3, -0.25) is 14.4 Å². The number of benzene rings is 1. The van der Waals surface area contributed by atoms with Crippen molar-refractivity contribution in [1.29, 1.82) is 0 Å². The largest absolute Gasteiger partial charge is 0.480 e. The smallest absolute Gasteiger partial charge is 0.325 e. The van der Waals surface area contributed by atoms with E-state index < -0.39 is 29.9 Å². The molecule has 2 amide bonds. The number of carboxylic acids is 1. The molecule has 0 bridgehead atoms. The summed E-state index contributed by atoms with van der Waals surface area (Å²) >= 11 is 0. The molecule has 0 spiro atoms.